The van der Waals surface area contributed by atoms with E-state index < -0.39 is 4.92 Å². The Morgan fingerprint density at radius 2 is 2.46 bits per heavy atom. The first-order valence-electron chi connectivity index (χ1n) is 3.73. The zero-order valence-electron chi connectivity index (χ0n) is 6.86. The molecule has 0 spiro atoms. The van der Waals surface area contributed by atoms with Crippen LogP contribution in [0.1, 0.15) is 0 Å². The summed E-state index contributed by atoms with van der Waals surface area (Å²) in [6, 6.07) is 2.67. The molecular weight excluding hydrogens is 172 g/mol. The first kappa shape index (κ1) is 9.40. The molecule has 0 atom stereocenters. The molecular formula is C7H9N4O2. The molecule has 0 fully saturated rings. The Hall–Kier alpha value is -1.69. The highest BCUT2D eigenvalue weighted by molar-refractivity contribution is 5.44. The maximum absolute atomic E-state index is 10.3. The second-order valence-corrected chi connectivity index (χ2v) is 2.33. The summed E-state index contributed by atoms with van der Waals surface area (Å²) in [6.45, 7) is 0.651. The third-order valence-corrected chi connectivity index (χ3v) is 1.39. The van der Waals surface area contributed by atoms with E-state index in [-0.39, 0.29) is 12.2 Å². The number of pyridine rings is 1. The average Bonchev–Trinajstić information content (AvgIpc) is 2.15. The molecule has 6 heteroatoms. The molecule has 0 unspecified atom stereocenters. The van der Waals surface area contributed by atoms with Crippen molar-refractivity contribution in [1.29, 1.82) is 0 Å². The van der Waals surface area contributed by atoms with Crippen LogP contribution in [0, 0.1) is 10.1 Å². The zero-order valence-corrected chi connectivity index (χ0v) is 6.86. The summed E-state index contributed by atoms with van der Waals surface area (Å²) >= 11 is 0. The minimum Gasteiger partial charge on any atom is -0.369 e. The van der Waals surface area contributed by atoms with Gasteiger partial charge in [0.1, 0.15) is 5.82 Å². The van der Waals surface area contributed by atoms with E-state index in [4.69, 9.17) is 5.73 Å². The second-order valence-electron chi connectivity index (χ2n) is 2.33. The Labute approximate surface area is 74.9 Å². The lowest BCUT2D eigenvalue weighted by atomic mass is 10.4. The van der Waals surface area contributed by atoms with Crippen LogP contribution in [-0.4, -0.2) is 23.0 Å². The molecule has 0 amide bonds. The maximum Gasteiger partial charge on any atom is 0.274 e. The normalized spacial score (nSPS) is 9.62. The number of anilines is 1. The Morgan fingerprint density at radius 1 is 1.69 bits per heavy atom. The molecule has 1 rings (SSSR count). The highest BCUT2D eigenvalue weighted by Crippen LogP contribution is 2.13. The Bertz CT molecular complexity index is 302. The summed E-state index contributed by atoms with van der Waals surface area (Å²) in [4.78, 5) is 13.7. The summed E-state index contributed by atoms with van der Waals surface area (Å²) in [7, 11) is 0. The van der Waals surface area contributed by atoms with E-state index in [1.54, 1.807) is 0 Å². The van der Waals surface area contributed by atoms with Gasteiger partial charge < -0.3 is 5.32 Å². The van der Waals surface area contributed by atoms with Crippen LogP contribution in [-0.2, 0) is 0 Å². The van der Waals surface area contributed by atoms with Crippen molar-refractivity contribution >= 4 is 11.5 Å². The maximum atomic E-state index is 10.3. The van der Waals surface area contributed by atoms with E-state index in [9.17, 15) is 10.1 Å². The molecule has 1 aromatic rings. The molecule has 0 saturated carbocycles. The summed E-state index contributed by atoms with van der Waals surface area (Å²) in [5.74, 6) is 0.432. The van der Waals surface area contributed by atoms with E-state index in [0.717, 1.165) is 0 Å². The summed E-state index contributed by atoms with van der Waals surface area (Å²) in [5.41, 5.74) is 6.87. The van der Waals surface area contributed by atoms with Gasteiger partial charge in [0.25, 0.3) is 5.69 Å². The van der Waals surface area contributed by atoms with Gasteiger partial charge in [-0.25, -0.2) is 4.98 Å². The Balaban J connectivity index is 2.73. The third kappa shape index (κ3) is 2.68. The zero-order chi connectivity index (χ0) is 9.68. The summed E-state index contributed by atoms with van der Waals surface area (Å²) in [5, 5.41) is 13.1. The molecule has 0 aliphatic heterocycles. The quantitative estimate of drug-likeness (QED) is 0.546. The van der Waals surface area contributed by atoms with E-state index in [2.05, 4.69) is 10.3 Å². The number of aromatic nitrogens is 1. The van der Waals surface area contributed by atoms with Gasteiger partial charge in [-0.05, 0) is 0 Å². The molecule has 0 aromatic carbocycles. The van der Waals surface area contributed by atoms with Crippen molar-refractivity contribution < 1.29 is 4.92 Å². The Morgan fingerprint density at radius 3 is 3.08 bits per heavy atom. The van der Waals surface area contributed by atoms with Crippen molar-refractivity contribution in [3.63, 3.8) is 0 Å². The lowest BCUT2D eigenvalue weighted by Crippen LogP contribution is -2.07. The van der Waals surface area contributed by atoms with Crippen LogP contribution in [0.4, 0.5) is 11.5 Å². The predicted octanol–water partition coefficient (Wildman–Crippen LogP) is 0.685. The number of nitro groups is 1. The van der Waals surface area contributed by atoms with Crippen LogP contribution in [0.2, 0.25) is 0 Å². The highest BCUT2D eigenvalue weighted by atomic mass is 16.6. The summed E-state index contributed by atoms with van der Waals surface area (Å²) in [6.07, 6.45) is 1.37. The molecule has 0 aliphatic rings. The van der Waals surface area contributed by atoms with E-state index in [1.165, 1.54) is 18.3 Å². The average molecular weight is 181 g/mol. The van der Waals surface area contributed by atoms with Gasteiger partial charge in [0.2, 0.25) is 0 Å². The van der Waals surface area contributed by atoms with Gasteiger partial charge in [0, 0.05) is 25.4 Å². The van der Waals surface area contributed by atoms with Crippen LogP contribution in [0.15, 0.2) is 18.3 Å². The fraction of sp³-hybridized carbons (Fsp3) is 0.286. The molecule has 1 heterocycles. The van der Waals surface area contributed by atoms with E-state index in [1.807, 2.05) is 0 Å². The van der Waals surface area contributed by atoms with Crippen molar-refractivity contribution in [2.45, 2.75) is 0 Å². The summed E-state index contributed by atoms with van der Waals surface area (Å²) < 4.78 is 0. The van der Waals surface area contributed by atoms with Gasteiger partial charge in [0.15, 0.2) is 0 Å². The van der Waals surface area contributed by atoms with Gasteiger partial charge >= 0.3 is 0 Å². The van der Waals surface area contributed by atoms with Crippen LogP contribution in [0.5, 0.6) is 0 Å². The minimum atomic E-state index is -0.479. The van der Waals surface area contributed by atoms with Crippen molar-refractivity contribution in [1.82, 2.24) is 10.7 Å². The molecule has 0 bridgehead atoms. The smallest absolute Gasteiger partial charge is 0.274 e. The molecule has 69 valence electrons. The van der Waals surface area contributed by atoms with E-state index in [0.29, 0.717) is 12.4 Å². The first-order valence-corrected chi connectivity index (χ1v) is 3.73. The van der Waals surface area contributed by atoms with Crippen LogP contribution >= 0.6 is 0 Å². The fourth-order valence-corrected chi connectivity index (χ4v) is 0.820. The molecule has 2 N–H and O–H groups in total. The van der Waals surface area contributed by atoms with Crippen molar-refractivity contribution in [2.75, 3.05) is 18.4 Å². The van der Waals surface area contributed by atoms with Gasteiger partial charge in [-0.2, -0.15) is 0 Å². The van der Waals surface area contributed by atoms with E-state index >= 15 is 0 Å². The largest absolute Gasteiger partial charge is 0.369 e. The topological polar surface area (TPSA) is 91.9 Å². The molecule has 0 aliphatic carbocycles. The minimum absolute atomic E-state index is 0.00230. The van der Waals surface area contributed by atoms with Gasteiger partial charge in [0.05, 0.1) is 11.0 Å². The molecule has 1 radical (unpaired) electrons. The number of nitrogens with one attached hydrogen (secondary N) is 2. The number of nitrogens with zero attached hydrogens (tertiary/aromatic N) is 2. The number of hydrogen-bond acceptors (Lipinski definition) is 4. The molecule has 0 saturated heterocycles. The molecule has 6 nitrogen and oxygen atoms in total. The third-order valence-electron chi connectivity index (χ3n) is 1.39. The monoisotopic (exact) mass is 181 g/mol. The first-order chi connectivity index (χ1) is 6.24. The lowest BCUT2D eigenvalue weighted by Gasteiger charge is -2.01. The molecule has 13 heavy (non-hydrogen) atoms. The standard InChI is InChI=1S/C7H9N4O2/c8-2-4-10-7-5-6(11(12)13)1-3-9-7/h1,3,5,8H,2,4H2,(H,9,10). The van der Waals surface area contributed by atoms with Crippen molar-refractivity contribution in [3.05, 3.63) is 28.4 Å². The second kappa shape index (κ2) is 4.36. The van der Waals surface area contributed by atoms with Gasteiger partial charge in [-0.1, -0.05) is 0 Å². The number of hydrogen-bond donors (Lipinski definition) is 1. The lowest BCUT2D eigenvalue weighted by molar-refractivity contribution is -0.384. The van der Waals surface area contributed by atoms with Crippen molar-refractivity contribution in [2.24, 2.45) is 0 Å². The van der Waals surface area contributed by atoms with Crippen LogP contribution in [0.3, 0.4) is 0 Å². The SMILES string of the molecule is [NH]CCNc1cc([N+](=O)[O-])ccn1. The van der Waals surface area contributed by atoms with Gasteiger partial charge in [-0.15, -0.1) is 0 Å². The Kier molecular flexibility index (Phi) is 3.15. The van der Waals surface area contributed by atoms with Crippen LogP contribution in [0.25, 0.3) is 0 Å². The predicted molar refractivity (Wildman–Crippen MR) is 47.3 cm³/mol. The number of rotatable bonds is 4. The van der Waals surface area contributed by atoms with Crippen molar-refractivity contribution in [3.8, 4) is 0 Å². The molecule has 1 aromatic heterocycles. The van der Waals surface area contributed by atoms with Crippen LogP contribution < -0.4 is 11.1 Å². The highest BCUT2D eigenvalue weighted by Gasteiger charge is 2.05. The van der Waals surface area contributed by atoms with Gasteiger partial charge in [-0.3, -0.25) is 15.8 Å². The fourth-order valence-electron chi connectivity index (χ4n) is 0.820.